The van der Waals surface area contributed by atoms with E-state index in [1.807, 2.05) is 18.2 Å². The number of halogens is 1. The molecule has 2 N–H and O–H groups in total. The molecule has 8 nitrogen and oxygen atoms in total. The smallest absolute Gasteiger partial charge is 0.330 e. The van der Waals surface area contributed by atoms with Gasteiger partial charge in [-0.05, 0) is 19.1 Å². The van der Waals surface area contributed by atoms with E-state index in [2.05, 4.69) is 4.98 Å². The molecule has 2 rings (SSSR count). The number of benzene rings is 1. The first-order valence-corrected chi connectivity index (χ1v) is 8.51. The molecule has 26 heavy (non-hydrogen) atoms. The first-order chi connectivity index (χ1) is 12.5. The van der Waals surface area contributed by atoms with Gasteiger partial charge in [-0.25, -0.2) is 4.79 Å². The van der Waals surface area contributed by atoms with E-state index in [1.54, 1.807) is 12.1 Å². The summed E-state index contributed by atoms with van der Waals surface area (Å²) in [6, 6.07) is 10.3. The number of hydrogen-bond donors (Lipinski definition) is 2. The highest BCUT2D eigenvalue weighted by atomic mass is 35.5. The number of rotatable bonds is 10. The van der Waals surface area contributed by atoms with Gasteiger partial charge in [0.15, 0.2) is 13.0 Å². The van der Waals surface area contributed by atoms with Crippen molar-refractivity contribution < 1.29 is 19.3 Å². The quantitative estimate of drug-likeness (QED) is 0.361. The van der Waals surface area contributed by atoms with Gasteiger partial charge in [0, 0.05) is 12.3 Å². The van der Waals surface area contributed by atoms with Gasteiger partial charge in [0.2, 0.25) is 0 Å². The number of aromatic amines is 1. The minimum atomic E-state index is -0.879. The lowest BCUT2D eigenvalue weighted by molar-refractivity contribution is -0.134. The summed E-state index contributed by atoms with van der Waals surface area (Å²) in [7, 11) is 0. The summed E-state index contributed by atoms with van der Waals surface area (Å²) in [6.07, 6.45) is -1.22. The first kappa shape index (κ1) is 20.2. The Bertz CT molecular complexity index is 777. The van der Waals surface area contributed by atoms with Crippen LogP contribution in [0.1, 0.15) is 13.2 Å². The summed E-state index contributed by atoms with van der Waals surface area (Å²) in [6.45, 7) is 1.53. The third kappa shape index (κ3) is 5.99. The third-order valence-electron chi connectivity index (χ3n) is 3.50. The number of para-hydroxylation sites is 1. The zero-order valence-corrected chi connectivity index (χ0v) is 15.0. The number of hydrogen-bond acceptors (Lipinski definition) is 6. The SMILES string of the molecule is C[C@H](O)[C@@H](COCOc1ccccc1)O[C@H](CCl)n1ccc(=O)[nH]c1=O. The Morgan fingerprint density at radius 1 is 1.23 bits per heavy atom. The van der Waals surface area contributed by atoms with E-state index in [0.29, 0.717) is 5.75 Å². The Kier molecular flexibility index (Phi) is 7.86. The molecule has 0 saturated heterocycles. The Balaban J connectivity index is 1.93. The molecule has 142 valence electrons. The van der Waals surface area contributed by atoms with Crippen molar-refractivity contribution in [2.24, 2.45) is 0 Å². The van der Waals surface area contributed by atoms with Crippen LogP contribution in [0.2, 0.25) is 0 Å². The molecule has 1 aromatic heterocycles. The van der Waals surface area contributed by atoms with E-state index < -0.39 is 29.7 Å². The fourth-order valence-corrected chi connectivity index (χ4v) is 2.34. The van der Waals surface area contributed by atoms with Crippen LogP contribution in [0.15, 0.2) is 52.2 Å². The second kappa shape index (κ2) is 10.1. The van der Waals surface area contributed by atoms with Gasteiger partial charge in [0.25, 0.3) is 5.56 Å². The Labute approximate surface area is 154 Å². The average Bonchev–Trinajstić information content (AvgIpc) is 2.62. The van der Waals surface area contributed by atoms with Crippen LogP contribution < -0.4 is 16.0 Å². The number of aliphatic hydroxyl groups excluding tert-OH is 1. The first-order valence-electron chi connectivity index (χ1n) is 7.98. The topological polar surface area (TPSA) is 103 Å². The summed E-state index contributed by atoms with van der Waals surface area (Å²) in [5.41, 5.74) is -1.17. The molecule has 2 aromatic rings. The van der Waals surface area contributed by atoms with Crippen molar-refractivity contribution in [1.29, 1.82) is 0 Å². The zero-order valence-electron chi connectivity index (χ0n) is 14.2. The maximum atomic E-state index is 11.9. The van der Waals surface area contributed by atoms with Crippen LogP contribution in [0.25, 0.3) is 0 Å². The van der Waals surface area contributed by atoms with Crippen LogP contribution in [-0.2, 0) is 9.47 Å². The molecule has 0 aliphatic rings. The number of alkyl halides is 1. The number of H-pyrrole nitrogens is 1. The average molecular weight is 385 g/mol. The third-order valence-corrected chi connectivity index (χ3v) is 3.76. The van der Waals surface area contributed by atoms with Crippen LogP contribution in [0.5, 0.6) is 5.75 Å². The van der Waals surface area contributed by atoms with Crippen LogP contribution in [0.3, 0.4) is 0 Å². The van der Waals surface area contributed by atoms with Crippen molar-refractivity contribution in [3.8, 4) is 5.75 Å². The van der Waals surface area contributed by atoms with Crippen molar-refractivity contribution >= 4 is 11.6 Å². The minimum Gasteiger partial charge on any atom is -0.468 e. The molecule has 3 atom stereocenters. The van der Waals surface area contributed by atoms with Crippen molar-refractivity contribution in [2.45, 2.75) is 25.4 Å². The standard InChI is InChI=1S/C17H21ClN2O6/c1-12(21)14(10-24-11-25-13-5-3-2-4-6-13)26-16(9-18)20-8-7-15(22)19-17(20)23/h2-8,12,14,16,21H,9-11H2,1H3,(H,19,22,23)/t12-,14+,16+/m0/s1. The second-order valence-electron chi connectivity index (χ2n) is 5.49. The van der Waals surface area contributed by atoms with Crippen LogP contribution >= 0.6 is 11.6 Å². The van der Waals surface area contributed by atoms with Crippen molar-refractivity contribution in [3.05, 3.63) is 63.4 Å². The summed E-state index contributed by atoms with van der Waals surface area (Å²) in [4.78, 5) is 25.1. The zero-order chi connectivity index (χ0) is 18.9. The van der Waals surface area contributed by atoms with E-state index in [4.69, 9.17) is 25.8 Å². The molecule has 0 radical (unpaired) electrons. The summed E-state index contributed by atoms with van der Waals surface area (Å²) in [5, 5.41) is 9.90. The van der Waals surface area contributed by atoms with Crippen LogP contribution in [-0.4, -0.2) is 46.1 Å². The van der Waals surface area contributed by atoms with Crippen molar-refractivity contribution in [2.75, 3.05) is 19.3 Å². The molecule has 0 unspecified atom stereocenters. The van der Waals surface area contributed by atoms with Gasteiger partial charge in [0.1, 0.15) is 11.9 Å². The highest BCUT2D eigenvalue weighted by Gasteiger charge is 2.23. The van der Waals surface area contributed by atoms with Gasteiger partial charge in [-0.2, -0.15) is 0 Å². The summed E-state index contributed by atoms with van der Waals surface area (Å²) < 4.78 is 17.6. The van der Waals surface area contributed by atoms with E-state index >= 15 is 0 Å². The summed E-state index contributed by atoms with van der Waals surface area (Å²) >= 11 is 5.88. The predicted molar refractivity (Wildman–Crippen MR) is 95.5 cm³/mol. The van der Waals surface area contributed by atoms with Gasteiger partial charge in [-0.15, -0.1) is 11.6 Å². The molecule has 0 aliphatic carbocycles. The van der Waals surface area contributed by atoms with Crippen molar-refractivity contribution in [3.63, 3.8) is 0 Å². The lowest BCUT2D eigenvalue weighted by Gasteiger charge is -2.26. The van der Waals surface area contributed by atoms with Gasteiger partial charge < -0.3 is 19.3 Å². The normalized spacial score (nSPS) is 14.6. The van der Waals surface area contributed by atoms with E-state index in [9.17, 15) is 14.7 Å². The highest BCUT2D eigenvalue weighted by Crippen LogP contribution is 2.14. The van der Waals surface area contributed by atoms with E-state index in [0.717, 1.165) is 4.57 Å². The van der Waals surface area contributed by atoms with Crippen LogP contribution in [0, 0.1) is 0 Å². The molecule has 1 aromatic carbocycles. The van der Waals surface area contributed by atoms with Crippen molar-refractivity contribution in [1.82, 2.24) is 9.55 Å². The Morgan fingerprint density at radius 3 is 2.58 bits per heavy atom. The molecule has 0 fully saturated rings. The van der Waals surface area contributed by atoms with Crippen LogP contribution in [0.4, 0.5) is 0 Å². The van der Waals surface area contributed by atoms with E-state index in [-0.39, 0.29) is 19.3 Å². The maximum absolute atomic E-state index is 11.9. The largest absolute Gasteiger partial charge is 0.468 e. The fourth-order valence-electron chi connectivity index (χ4n) is 2.12. The van der Waals surface area contributed by atoms with Gasteiger partial charge >= 0.3 is 5.69 Å². The molecule has 1 heterocycles. The molecule has 0 amide bonds. The minimum absolute atomic E-state index is 0.0238. The van der Waals surface area contributed by atoms with Gasteiger partial charge in [0.05, 0.1) is 18.6 Å². The highest BCUT2D eigenvalue weighted by molar-refractivity contribution is 6.18. The summed E-state index contributed by atoms with van der Waals surface area (Å²) in [5.74, 6) is 0.593. The Hall–Kier alpha value is -2.13. The second-order valence-corrected chi connectivity index (χ2v) is 5.80. The molecular weight excluding hydrogens is 364 g/mol. The number of aromatic nitrogens is 2. The molecular formula is C17H21ClN2O6. The van der Waals surface area contributed by atoms with Gasteiger partial charge in [-0.1, -0.05) is 18.2 Å². The lowest BCUT2D eigenvalue weighted by atomic mass is 10.2. The maximum Gasteiger partial charge on any atom is 0.330 e. The molecule has 0 saturated carbocycles. The monoisotopic (exact) mass is 384 g/mol. The van der Waals surface area contributed by atoms with E-state index in [1.165, 1.54) is 19.2 Å². The Morgan fingerprint density at radius 2 is 1.96 bits per heavy atom. The lowest BCUT2D eigenvalue weighted by Crippen LogP contribution is -2.39. The van der Waals surface area contributed by atoms with Gasteiger partial charge in [-0.3, -0.25) is 14.3 Å². The number of aliphatic hydroxyl groups is 1. The predicted octanol–water partition coefficient (Wildman–Crippen LogP) is 1.09. The molecule has 0 spiro atoms. The molecule has 0 aliphatic heterocycles. The number of nitrogens with zero attached hydrogens (tertiary/aromatic N) is 1. The molecule has 0 bridgehead atoms. The molecule has 9 heteroatoms. The fraction of sp³-hybridized carbons (Fsp3) is 0.412. The number of ether oxygens (including phenoxy) is 3. The number of nitrogens with one attached hydrogen (secondary N) is 1.